The Bertz CT molecular complexity index is 879. The van der Waals surface area contributed by atoms with E-state index in [0.717, 1.165) is 37.2 Å². The second-order valence-electron chi connectivity index (χ2n) is 6.52. The summed E-state index contributed by atoms with van der Waals surface area (Å²) in [6, 6.07) is 10.4. The van der Waals surface area contributed by atoms with Crippen LogP contribution in [0.3, 0.4) is 0 Å². The van der Waals surface area contributed by atoms with Crippen LogP contribution in [-0.2, 0) is 9.84 Å². The third-order valence-electron chi connectivity index (χ3n) is 4.56. The van der Waals surface area contributed by atoms with Crippen LogP contribution in [0.25, 0.3) is 11.3 Å². The van der Waals surface area contributed by atoms with Crippen molar-refractivity contribution >= 4 is 9.84 Å². The van der Waals surface area contributed by atoms with Crippen molar-refractivity contribution in [2.45, 2.75) is 17.7 Å². The minimum atomic E-state index is -3.19. The van der Waals surface area contributed by atoms with Gasteiger partial charge in [-0.1, -0.05) is 12.1 Å². The number of sulfone groups is 1. The van der Waals surface area contributed by atoms with Crippen molar-refractivity contribution in [3.63, 3.8) is 0 Å². The van der Waals surface area contributed by atoms with Crippen LogP contribution < -0.4 is 4.74 Å². The fraction of sp³-hybridized carbons (Fsp3) is 0.368. The standard InChI is InChI=1S/C19H21N3O3S/c1-26(23,24)18-5-2-16(3-6-18)19-7-4-17(12-21-19)25-13-15-8-10-22(14-20)11-9-15/h2-7,12,15H,8-11,13H2,1H3. The molecule has 1 aliphatic heterocycles. The molecule has 1 saturated heterocycles. The topological polar surface area (TPSA) is 83.3 Å². The highest BCUT2D eigenvalue weighted by atomic mass is 32.2. The maximum absolute atomic E-state index is 11.5. The first-order valence-electron chi connectivity index (χ1n) is 8.50. The van der Waals surface area contributed by atoms with E-state index in [-0.39, 0.29) is 0 Å². The Morgan fingerprint density at radius 2 is 1.88 bits per heavy atom. The van der Waals surface area contributed by atoms with Gasteiger partial charge in [0, 0.05) is 24.9 Å². The van der Waals surface area contributed by atoms with Crippen LogP contribution in [0, 0.1) is 17.4 Å². The van der Waals surface area contributed by atoms with Gasteiger partial charge in [0.1, 0.15) is 5.75 Å². The number of hydrogen-bond donors (Lipinski definition) is 0. The van der Waals surface area contributed by atoms with Crippen molar-refractivity contribution < 1.29 is 13.2 Å². The Hall–Kier alpha value is -2.59. The van der Waals surface area contributed by atoms with Crippen LogP contribution in [0.15, 0.2) is 47.5 Å². The minimum Gasteiger partial charge on any atom is -0.492 e. The first-order valence-corrected chi connectivity index (χ1v) is 10.4. The molecular weight excluding hydrogens is 350 g/mol. The molecule has 0 amide bonds. The van der Waals surface area contributed by atoms with Gasteiger partial charge in [-0.3, -0.25) is 4.98 Å². The third-order valence-corrected chi connectivity index (χ3v) is 5.68. The number of benzene rings is 1. The van der Waals surface area contributed by atoms with Gasteiger partial charge in [0.05, 0.1) is 23.4 Å². The summed E-state index contributed by atoms with van der Waals surface area (Å²) < 4.78 is 28.9. The first-order chi connectivity index (χ1) is 12.5. The fourth-order valence-corrected chi connectivity index (χ4v) is 3.55. The van der Waals surface area contributed by atoms with E-state index in [0.29, 0.717) is 23.2 Å². The summed E-state index contributed by atoms with van der Waals surface area (Å²) >= 11 is 0. The van der Waals surface area contributed by atoms with Gasteiger partial charge in [-0.25, -0.2) is 8.42 Å². The Morgan fingerprint density at radius 1 is 1.19 bits per heavy atom. The molecule has 0 spiro atoms. The molecular formula is C19H21N3O3S. The summed E-state index contributed by atoms with van der Waals surface area (Å²) in [6.45, 7) is 2.22. The molecule has 0 saturated carbocycles. The lowest BCUT2D eigenvalue weighted by Gasteiger charge is -2.27. The highest BCUT2D eigenvalue weighted by molar-refractivity contribution is 7.90. The van der Waals surface area contributed by atoms with E-state index in [1.165, 1.54) is 6.26 Å². The van der Waals surface area contributed by atoms with Crippen LogP contribution in [0.5, 0.6) is 5.75 Å². The average molecular weight is 371 g/mol. The highest BCUT2D eigenvalue weighted by Gasteiger charge is 2.18. The molecule has 26 heavy (non-hydrogen) atoms. The highest BCUT2D eigenvalue weighted by Crippen LogP contribution is 2.23. The van der Waals surface area contributed by atoms with Crippen LogP contribution >= 0.6 is 0 Å². The Morgan fingerprint density at radius 3 is 2.42 bits per heavy atom. The molecule has 1 aromatic heterocycles. The number of nitriles is 1. The zero-order chi connectivity index (χ0) is 18.6. The van der Waals surface area contributed by atoms with Gasteiger partial charge in [-0.15, -0.1) is 0 Å². The molecule has 1 fully saturated rings. The lowest BCUT2D eigenvalue weighted by Crippen LogP contribution is -2.32. The summed E-state index contributed by atoms with van der Waals surface area (Å²) in [5, 5.41) is 8.87. The fourth-order valence-electron chi connectivity index (χ4n) is 2.92. The Labute approximate surface area is 154 Å². The smallest absolute Gasteiger partial charge is 0.179 e. The molecule has 1 aliphatic rings. The maximum atomic E-state index is 11.5. The van der Waals surface area contributed by atoms with E-state index in [9.17, 15) is 8.42 Å². The molecule has 1 aromatic carbocycles. The summed E-state index contributed by atoms with van der Waals surface area (Å²) in [5.74, 6) is 1.17. The van der Waals surface area contributed by atoms with Gasteiger partial charge < -0.3 is 9.64 Å². The normalized spacial score (nSPS) is 15.5. The number of hydrogen-bond acceptors (Lipinski definition) is 6. The van der Waals surface area contributed by atoms with Gasteiger partial charge in [0.15, 0.2) is 16.0 Å². The number of pyridine rings is 1. The lowest BCUT2D eigenvalue weighted by molar-refractivity contribution is 0.175. The second kappa shape index (κ2) is 7.75. The van der Waals surface area contributed by atoms with Crippen LogP contribution in [0.4, 0.5) is 0 Å². The molecule has 2 aromatic rings. The van der Waals surface area contributed by atoms with Crippen molar-refractivity contribution in [2.75, 3.05) is 26.0 Å². The van der Waals surface area contributed by atoms with Crippen molar-refractivity contribution in [3.8, 4) is 23.2 Å². The van der Waals surface area contributed by atoms with E-state index in [1.54, 1.807) is 35.4 Å². The number of likely N-dealkylation sites (tertiary alicyclic amines) is 1. The van der Waals surface area contributed by atoms with Gasteiger partial charge in [0.25, 0.3) is 0 Å². The number of ether oxygens (including phenoxy) is 1. The summed E-state index contributed by atoms with van der Waals surface area (Å²) in [4.78, 5) is 6.48. The third kappa shape index (κ3) is 4.52. The minimum absolute atomic E-state index is 0.295. The van der Waals surface area contributed by atoms with Crippen molar-refractivity contribution in [1.29, 1.82) is 5.26 Å². The predicted molar refractivity (Wildman–Crippen MR) is 98.2 cm³/mol. The Balaban J connectivity index is 1.58. The molecule has 3 rings (SSSR count). The quantitative estimate of drug-likeness (QED) is 0.752. The zero-order valence-corrected chi connectivity index (χ0v) is 15.4. The molecule has 0 unspecified atom stereocenters. The van der Waals surface area contributed by atoms with Gasteiger partial charge in [0.2, 0.25) is 0 Å². The van der Waals surface area contributed by atoms with E-state index in [4.69, 9.17) is 10.00 Å². The number of aromatic nitrogens is 1. The molecule has 0 bridgehead atoms. The van der Waals surface area contributed by atoms with Crippen molar-refractivity contribution in [3.05, 3.63) is 42.6 Å². The number of rotatable bonds is 5. The van der Waals surface area contributed by atoms with Gasteiger partial charge in [-0.05, 0) is 43.0 Å². The second-order valence-corrected chi connectivity index (χ2v) is 8.53. The van der Waals surface area contributed by atoms with E-state index < -0.39 is 9.84 Å². The molecule has 6 nitrogen and oxygen atoms in total. The lowest BCUT2D eigenvalue weighted by atomic mass is 9.98. The maximum Gasteiger partial charge on any atom is 0.179 e. The number of nitrogens with zero attached hydrogens (tertiary/aromatic N) is 3. The molecule has 2 heterocycles. The SMILES string of the molecule is CS(=O)(=O)c1ccc(-c2ccc(OCC3CCN(C#N)CC3)cn2)cc1. The molecule has 0 aliphatic carbocycles. The molecule has 0 N–H and O–H groups in total. The molecule has 7 heteroatoms. The summed E-state index contributed by atoms with van der Waals surface area (Å²) in [5.41, 5.74) is 1.62. The summed E-state index contributed by atoms with van der Waals surface area (Å²) in [6.07, 6.45) is 6.98. The van der Waals surface area contributed by atoms with Crippen LogP contribution in [-0.4, -0.2) is 44.3 Å². The van der Waals surface area contributed by atoms with Gasteiger partial charge >= 0.3 is 0 Å². The average Bonchev–Trinajstić information content (AvgIpc) is 2.66. The van der Waals surface area contributed by atoms with Crippen LogP contribution in [0.2, 0.25) is 0 Å². The van der Waals surface area contributed by atoms with E-state index in [2.05, 4.69) is 11.2 Å². The predicted octanol–water partition coefficient (Wildman–Crippen LogP) is 2.72. The summed E-state index contributed by atoms with van der Waals surface area (Å²) in [7, 11) is -3.19. The first kappa shape index (κ1) is 18.2. The zero-order valence-electron chi connectivity index (χ0n) is 14.6. The molecule has 0 radical (unpaired) electrons. The number of piperidine rings is 1. The largest absolute Gasteiger partial charge is 0.492 e. The molecule has 136 valence electrons. The van der Waals surface area contributed by atoms with Gasteiger partial charge in [-0.2, -0.15) is 5.26 Å². The Kier molecular flexibility index (Phi) is 5.43. The van der Waals surface area contributed by atoms with Crippen LogP contribution in [0.1, 0.15) is 12.8 Å². The van der Waals surface area contributed by atoms with Crippen molar-refractivity contribution in [1.82, 2.24) is 9.88 Å². The monoisotopic (exact) mass is 371 g/mol. The van der Waals surface area contributed by atoms with Crippen molar-refractivity contribution in [2.24, 2.45) is 5.92 Å². The molecule has 0 atom stereocenters. The van der Waals surface area contributed by atoms with E-state index >= 15 is 0 Å². The van der Waals surface area contributed by atoms with E-state index in [1.807, 2.05) is 12.1 Å².